The number of aliphatic carboxylic acids is 2. The molecule has 0 spiro atoms. The van der Waals surface area contributed by atoms with E-state index in [2.05, 4.69) is 0 Å². The van der Waals surface area contributed by atoms with Gasteiger partial charge in [0.15, 0.2) is 0 Å². The van der Waals surface area contributed by atoms with Crippen LogP contribution in [0.4, 0.5) is 0 Å². The zero-order valence-corrected chi connectivity index (χ0v) is 11.6. The lowest BCUT2D eigenvalue weighted by Crippen LogP contribution is -2.51. The smallest absolute Gasteiger partial charge is 0.326 e. The number of carbonyl (C=O) groups excluding carboxylic acids is 1. The van der Waals surface area contributed by atoms with Crippen molar-refractivity contribution >= 4 is 17.8 Å². The Bertz CT molecular complexity index is 341. The van der Waals surface area contributed by atoms with E-state index >= 15 is 0 Å². The summed E-state index contributed by atoms with van der Waals surface area (Å²) in [7, 11) is 1.32. The van der Waals surface area contributed by atoms with Gasteiger partial charge in [0.2, 0.25) is 5.91 Å². The third-order valence-electron chi connectivity index (χ3n) is 2.70. The summed E-state index contributed by atoms with van der Waals surface area (Å²) >= 11 is 0. The van der Waals surface area contributed by atoms with Crippen LogP contribution in [0.3, 0.4) is 0 Å². The summed E-state index contributed by atoms with van der Waals surface area (Å²) in [6.45, 7) is 4.32. The first kappa shape index (κ1) is 17.4. The lowest BCUT2D eigenvalue weighted by Gasteiger charge is -2.32. The van der Waals surface area contributed by atoms with Crippen molar-refractivity contribution in [2.45, 2.75) is 26.8 Å². The van der Waals surface area contributed by atoms with Gasteiger partial charge in [0.1, 0.15) is 12.6 Å². The van der Waals surface area contributed by atoms with Crippen molar-refractivity contribution in [3.8, 4) is 0 Å². The van der Waals surface area contributed by atoms with Crippen LogP contribution in [0.5, 0.6) is 0 Å². The first-order chi connectivity index (χ1) is 8.72. The molecule has 0 aliphatic carbocycles. The SMILES string of the molecule is COCC(=O)N(CC(C)C(=O)O)C(C(=O)O)C(C)C. The molecule has 0 aromatic carbocycles. The summed E-state index contributed by atoms with van der Waals surface area (Å²) in [6, 6.07) is -1.07. The number of amides is 1. The molecule has 2 unspecified atom stereocenters. The molecule has 0 saturated carbocycles. The first-order valence-corrected chi connectivity index (χ1v) is 5.96. The van der Waals surface area contributed by atoms with Gasteiger partial charge in [-0.05, 0) is 5.92 Å². The van der Waals surface area contributed by atoms with Gasteiger partial charge in [0.05, 0.1) is 5.92 Å². The largest absolute Gasteiger partial charge is 0.481 e. The van der Waals surface area contributed by atoms with Crippen LogP contribution in [0, 0.1) is 11.8 Å². The highest BCUT2D eigenvalue weighted by molar-refractivity contribution is 5.85. The van der Waals surface area contributed by atoms with Gasteiger partial charge in [0, 0.05) is 13.7 Å². The maximum absolute atomic E-state index is 11.9. The van der Waals surface area contributed by atoms with Crippen molar-refractivity contribution < 1.29 is 29.3 Å². The molecule has 0 aromatic heterocycles. The van der Waals surface area contributed by atoms with Crippen molar-refractivity contribution in [1.82, 2.24) is 4.90 Å². The summed E-state index contributed by atoms with van der Waals surface area (Å²) in [4.78, 5) is 35.1. The predicted molar refractivity (Wildman–Crippen MR) is 66.7 cm³/mol. The monoisotopic (exact) mass is 275 g/mol. The lowest BCUT2D eigenvalue weighted by molar-refractivity contribution is -0.156. The number of methoxy groups -OCH3 is 1. The van der Waals surface area contributed by atoms with Crippen molar-refractivity contribution in [2.24, 2.45) is 11.8 Å². The fourth-order valence-electron chi connectivity index (χ4n) is 1.73. The molecule has 0 aromatic rings. The molecular formula is C12H21NO6. The van der Waals surface area contributed by atoms with Gasteiger partial charge in [-0.2, -0.15) is 0 Å². The van der Waals surface area contributed by atoms with Crippen molar-refractivity contribution in [3.05, 3.63) is 0 Å². The summed E-state index contributed by atoms with van der Waals surface area (Å²) in [5, 5.41) is 18.1. The molecule has 0 aliphatic heterocycles. The molecule has 7 nitrogen and oxygen atoms in total. The summed E-state index contributed by atoms with van der Waals surface area (Å²) < 4.78 is 4.70. The van der Waals surface area contributed by atoms with Crippen LogP contribution < -0.4 is 0 Å². The van der Waals surface area contributed by atoms with Gasteiger partial charge in [0.25, 0.3) is 0 Å². The summed E-state index contributed by atoms with van der Waals surface area (Å²) in [5.41, 5.74) is 0. The standard InChI is InChI=1S/C12H21NO6/c1-7(2)10(12(17)18)13(9(14)6-19-4)5-8(3)11(15)16/h7-8,10H,5-6H2,1-4H3,(H,15,16)(H,17,18). The van der Waals surface area contributed by atoms with E-state index in [9.17, 15) is 19.5 Å². The molecule has 0 aliphatic rings. The second-order valence-electron chi connectivity index (χ2n) is 4.75. The van der Waals surface area contributed by atoms with Crippen LogP contribution in [0.1, 0.15) is 20.8 Å². The van der Waals surface area contributed by atoms with Gasteiger partial charge in [-0.15, -0.1) is 0 Å². The van der Waals surface area contributed by atoms with Gasteiger partial charge in [-0.3, -0.25) is 9.59 Å². The Morgan fingerprint density at radius 2 is 1.63 bits per heavy atom. The Balaban J connectivity index is 5.18. The van der Waals surface area contributed by atoms with Gasteiger partial charge >= 0.3 is 11.9 Å². The zero-order chi connectivity index (χ0) is 15.2. The molecule has 0 radical (unpaired) electrons. The van der Waals surface area contributed by atoms with Crippen molar-refractivity contribution in [3.63, 3.8) is 0 Å². The Kier molecular flexibility index (Phi) is 7.06. The highest BCUT2D eigenvalue weighted by atomic mass is 16.5. The summed E-state index contributed by atoms with van der Waals surface area (Å²) in [6.07, 6.45) is 0. The maximum Gasteiger partial charge on any atom is 0.326 e. The minimum atomic E-state index is -1.16. The number of carboxylic acids is 2. The Morgan fingerprint density at radius 3 is 1.95 bits per heavy atom. The summed E-state index contributed by atoms with van der Waals surface area (Å²) in [5.74, 6) is -3.95. The molecule has 0 heterocycles. The fraction of sp³-hybridized carbons (Fsp3) is 0.750. The molecule has 1 amide bonds. The van der Waals surface area contributed by atoms with E-state index < -0.39 is 29.8 Å². The molecule has 0 saturated heterocycles. The maximum atomic E-state index is 11.9. The van der Waals surface area contributed by atoms with Crippen LogP contribution >= 0.6 is 0 Å². The molecule has 0 fully saturated rings. The van der Waals surface area contributed by atoms with Crippen LogP contribution in [0.15, 0.2) is 0 Å². The second-order valence-corrected chi connectivity index (χ2v) is 4.75. The van der Waals surface area contributed by atoms with E-state index in [1.165, 1.54) is 14.0 Å². The van der Waals surface area contributed by atoms with Gasteiger partial charge < -0.3 is 19.8 Å². The highest BCUT2D eigenvalue weighted by Gasteiger charge is 2.34. The molecule has 110 valence electrons. The second kappa shape index (κ2) is 7.73. The molecule has 2 atom stereocenters. The molecule has 2 N–H and O–H groups in total. The van der Waals surface area contributed by atoms with Crippen LogP contribution in [0.25, 0.3) is 0 Å². The van der Waals surface area contributed by atoms with Gasteiger partial charge in [-0.1, -0.05) is 20.8 Å². The van der Waals surface area contributed by atoms with Crippen molar-refractivity contribution in [2.75, 3.05) is 20.3 Å². The topological polar surface area (TPSA) is 104 Å². The van der Waals surface area contributed by atoms with E-state index in [-0.39, 0.29) is 19.1 Å². The normalized spacial score (nSPS) is 13.9. The average Bonchev–Trinajstić information content (AvgIpc) is 2.26. The van der Waals surface area contributed by atoms with E-state index in [0.29, 0.717) is 0 Å². The number of carbonyl (C=O) groups is 3. The number of hydrogen-bond acceptors (Lipinski definition) is 4. The lowest BCUT2D eigenvalue weighted by atomic mass is 10.0. The third kappa shape index (κ3) is 5.25. The fourth-order valence-corrected chi connectivity index (χ4v) is 1.73. The number of carboxylic acid groups (broad SMARTS) is 2. The Morgan fingerprint density at radius 1 is 1.11 bits per heavy atom. The number of ether oxygens (including phenoxy) is 1. The first-order valence-electron chi connectivity index (χ1n) is 5.96. The molecular weight excluding hydrogens is 254 g/mol. The van der Waals surface area contributed by atoms with Crippen LogP contribution in [-0.4, -0.2) is 59.3 Å². The Labute approximate surface area is 112 Å². The number of nitrogens with zero attached hydrogens (tertiary/aromatic N) is 1. The molecule has 19 heavy (non-hydrogen) atoms. The number of hydrogen-bond donors (Lipinski definition) is 2. The van der Waals surface area contributed by atoms with Crippen molar-refractivity contribution in [1.29, 1.82) is 0 Å². The van der Waals surface area contributed by atoms with E-state index in [4.69, 9.17) is 9.84 Å². The van der Waals surface area contributed by atoms with Crippen LogP contribution in [-0.2, 0) is 19.1 Å². The van der Waals surface area contributed by atoms with Gasteiger partial charge in [-0.25, -0.2) is 4.79 Å². The van der Waals surface area contributed by atoms with E-state index in [0.717, 1.165) is 4.90 Å². The zero-order valence-electron chi connectivity index (χ0n) is 11.6. The minimum Gasteiger partial charge on any atom is -0.481 e. The molecule has 0 rings (SSSR count). The van der Waals surface area contributed by atoms with E-state index in [1.807, 2.05) is 0 Å². The average molecular weight is 275 g/mol. The highest BCUT2D eigenvalue weighted by Crippen LogP contribution is 2.14. The third-order valence-corrected chi connectivity index (χ3v) is 2.70. The predicted octanol–water partition coefficient (Wildman–Crippen LogP) is 0.291. The van der Waals surface area contributed by atoms with E-state index in [1.54, 1.807) is 13.8 Å². The molecule has 0 bridgehead atoms. The van der Waals surface area contributed by atoms with Crippen LogP contribution in [0.2, 0.25) is 0 Å². The Hall–Kier alpha value is -1.63. The minimum absolute atomic E-state index is 0.160. The molecule has 7 heteroatoms. The number of rotatable bonds is 8. The quantitative estimate of drug-likeness (QED) is 0.660.